The fourth-order valence-electron chi connectivity index (χ4n) is 2.22. The first-order valence-corrected chi connectivity index (χ1v) is 5.52. The summed E-state index contributed by atoms with van der Waals surface area (Å²) in [5.41, 5.74) is 0.885. The molecular weight excluding hydrogens is 204 g/mol. The van der Waals surface area contributed by atoms with Gasteiger partial charge in [-0.1, -0.05) is 0 Å². The van der Waals surface area contributed by atoms with Crippen molar-refractivity contribution in [2.24, 2.45) is 5.92 Å². The van der Waals surface area contributed by atoms with Crippen molar-refractivity contribution in [1.82, 2.24) is 15.0 Å². The Morgan fingerprint density at radius 1 is 1.44 bits per heavy atom. The Balaban J connectivity index is 1.83. The van der Waals surface area contributed by atoms with Gasteiger partial charge >= 0.3 is 0 Å². The summed E-state index contributed by atoms with van der Waals surface area (Å²) in [7, 11) is 0. The Morgan fingerprint density at radius 3 is 3.12 bits per heavy atom. The Labute approximate surface area is 93.1 Å². The molecule has 0 bridgehead atoms. The quantitative estimate of drug-likeness (QED) is 0.799. The Morgan fingerprint density at radius 2 is 2.31 bits per heavy atom. The van der Waals surface area contributed by atoms with Gasteiger partial charge in [0.1, 0.15) is 17.8 Å². The van der Waals surface area contributed by atoms with Gasteiger partial charge in [-0.2, -0.15) is 0 Å². The molecule has 1 aliphatic heterocycles. The summed E-state index contributed by atoms with van der Waals surface area (Å²) in [5.74, 6) is 1.61. The van der Waals surface area contributed by atoms with Gasteiger partial charge in [0, 0.05) is 25.9 Å². The first-order valence-electron chi connectivity index (χ1n) is 5.52. The van der Waals surface area contributed by atoms with Crippen molar-refractivity contribution in [2.45, 2.75) is 6.42 Å². The van der Waals surface area contributed by atoms with Crippen molar-refractivity contribution in [3.63, 3.8) is 0 Å². The molecule has 1 fully saturated rings. The first kappa shape index (κ1) is 9.59. The Hall–Kier alpha value is -1.62. The highest BCUT2D eigenvalue weighted by Gasteiger charge is 2.28. The van der Waals surface area contributed by atoms with E-state index in [1.54, 1.807) is 6.33 Å². The largest absolute Gasteiger partial charge is 0.396 e. The van der Waals surface area contributed by atoms with Crippen molar-refractivity contribution in [3.8, 4) is 0 Å². The molecule has 0 atom stereocenters. The zero-order valence-electron chi connectivity index (χ0n) is 8.93. The second-order valence-electron chi connectivity index (χ2n) is 4.22. The number of fused-ring (bicyclic) bond motifs is 1. The van der Waals surface area contributed by atoms with Crippen molar-refractivity contribution in [1.29, 1.82) is 0 Å². The average Bonchev–Trinajstić information content (AvgIpc) is 2.70. The molecule has 1 saturated heterocycles. The zero-order valence-corrected chi connectivity index (χ0v) is 8.93. The van der Waals surface area contributed by atoms with Crippen LogP contribution in [0.4, 0.5) is 5.82 Å². The van der Waals surface area contributed by atoms with Crippen LogP contribution in [0.2, 0.25) is 0 Å². The number of H-pyrrole nitrogens is 1. The van der Waals surface area contributed by atoms with Crippen LogP contribution in [-0.4, -0.2) is 39.8 Å². The molecule has 0 saturated carbocycles. The highest BCUT2D eigenvalue weighted by atomic mass is 16.3. The number of anilines is 1. The number of aromatic nitrogens is 3. The van der Waals surface area contributed by atoms with Crippen LogP contribution in [-0.2, 0) is 0 Å². The van der Waals surface area contributed by atoms with Crippen molar-refractivity contribution in [3.05, 3.63) is 18.6 Å². The lowest BCUT2D eigenvalue weighted by atomic mass is 9.96. The average molecular weight is 218 g/mol. The molecule has 3 rings (SSSR count). The molecular formula is C11H14N4O. The van der Waals surface area contributed by atoms with Gasteiger partial charge < -0.3 is 15.0 Å². The third-order valence-electron chi connectivity index (χ3n) is 3.13. The van der Waals surface area contributed by atoms with Gasteiger partial charge in [0.2, 0.25) is 0 Å². The molecule has 5 heteroatoms. The lowest BCUT2D eigenvalue weighted by Gasteiger charge is -2.40. The van der Waals surface area contributed by atoms with Crippen LogP contribution in [0.3, 0.4) is 0 Å². The van der Waals surface area contributed by atoms with Crippen molar-refractivity contribution in [2.75, 3.05) is 24.6 Å². The molecule has 2 N–H and O–H groups in total. The van der Waals surface area contributed by atoms with Crippen LogP contribution in [0.1, 0.15) is 6.42 Å². The summed E-state index contributed by atoms with van der Waals surface area (Å²) < 4.78 is 0. The molecule has 3 heterocycles. The maximum atomic E-state index is 8.85. The Bertz CT molecular complexity index is 489. The number of aliphatic hydroxyl groups excluding tert-OH is 1. The topological polar surface area (TPSA) is 65.0 Å². The monoisotopic (exact) mass is 218 g/mol. The number of hydrogen-bond donors (Lipinski definition) is 2. The van der Waals surface area contributed by atoms with Crippen LogP contribution in [0.5, 0.6) is 0 Å². The predicted molar refractivity (Wildman–Crippen MR) is 61.3 cm³/mol. The fraction of sp³-hybridized carbons (Fsp3) is 0.455. The fourth-order valence-corrected chi connectivity index (χ4v) is 2.22. The van der Waals surface area contributed by atoms with E-state index >= 15 is 0 Å². The molecule has 0 aromatic carbocycles. The van der Waals surface area contributed by atoms with E-state index in [0.717, 1.165) is 36.4 Å². The second kappa shape index (κ2) is 3.75. The van der Waals surface area contributed by atoms with Crippen LogP contribution in [0.25, 0.3) is 11.0 Å². The third-order valence-corrected chi connectivity index (χ3v) is 3.13. The van der Waals surface area contributed by atoms with Crippen LogP contribution in [0, 0.1) is 5.92 Å². The second-order valence-corrected chi connectivity index (χ2v) is 4.22. The lowest BCUT2D eigenvalue weighted by molar-refractivity contribution is 0.239. The van der Waals surface area contributed by atoms with E-state index in [-0.39, 0.29) is 6.61 Å². The maximum Gasteiger partial charge on any atom is 0.142 e. The smallest absolute Gasteiger partial charge is 0.142 e. The van der Waals surface area contributed by atoms with Gasteiger partial charge in [-0.3, -0.25) is 0 Å². The van der Waals surface area contributed by atoms with Gasteiger partial charge in [0.05, 0.1) is 5.39 Å². The number of nitrogens with one attached hydrogen (secondary N) is 1. The van der Waals surface area contributed by atoms with Crippen molar-refractivity contribution >= 4 is 16.9 Å². The molecule has 2 aromatic rings. The summed E-state index contributed by atoms with van der Waals surface area (Å²) in [6.45, 7) is 2.25. The minimum absolute atomic E-state index is 0.280. The molecule has 0 unspecified atom stereocenters. The first-order chi connectivity index (χ1) is 7.88. The number of aromatic amines is 1. The molecule has 0 amide bonds. The van der Waals surface area contributed by atoms with E-state index in [0.29, 0.717) is 5.92 Å². The summed E-state index contributed by atoms with van der Waals surface area (Å²) in [6, 6.07) is 2.00. The standard InChI is InChI=1S/C11H14N4O/c16-4-2-8-5-15(6-8)11-9-1-3-12-10(9)13-7-14-11/h1,3,7-8,16H,2,4-6H2,(H,12,13,14). The number of hydrogen-bond acceptors (Lipinski definition) is 4. The van der Waals surface area contributed by atoms with E-state index in [1.807, 2.05) is 12.3 Å². The molecule has 84 valence electrons. The van der Waals surface area contributed by atoms with Crippen LogP contribution < -0.4 is 4.90 Å². The SMILES string of the molecule is OCCC1CN(c2ncnc3[nH]ccc23)C1. The van der Waals surface area contributed by atoms with Gasteiger partial charge in [0.15, 0.2) is 0 Å². The van der Waals surface area contributed by atoms with E-state index < -0.39 is 0 Å². The highest BCUT2D eigenvalue weighted by molar-refractivity contribution is 5.87. The molecule has 0 spiro atoms. The molecule has 16 heavy (non-hydrogen) atoms. The minimum Gasteiger partial charge on any atom is -0.396 e. The molecule has 0 radical (unpaired) electrons. The normalized spacial score (nSPS) is 16.7. The van der Waals surface area contributed by atoms with E-state index in [4.69, 9.17) is 5.11 Å². The molecule has 5 nitrogen and oxygen atoms in total. The number of nitrogens with zero attached hydrogens (tertiary/aromatic N) is 3. The predicted octanol–water partition coefficient (Wildman–Crippen LogP) is 0.776. The van der Waals surface area contributed by atoms with E-state index in [1.165, 1.54) is 0 Å². The lowest BCUT2D eigenvalue weighted by Crippen LogP contribution is -2.47. The molecule has 0 aliphatic carbocycles. The number of aliphatic hydroxyl groups is 1. The maximum absolute atomic E-state index is 8.85. The summed E-state index contributed by atoms with van der Waals surface area (Å²) >= 11 is 0. The number of rotatable bonds is 3. The highest BCUT2D eigenvalue weighted by Crippen LogP contribution is 2.29. The zero-order chi connectivity index (χ0) is 11.0. The van der Waals surface area contributed by atoms with Crippen LogP contribution in [0.15, 0.2) is 18.6 Å². The van der Waals surface area contributed by atoms with Gasteiger partial charge in [-0.25, -0.2) is 9.97 Å². The van der Waals surface area contributed by atoms with Gasteiger partial charge in [-0.05, 0) is 18.4 Å². The van der Waals surface area contributed by atoms with Gasteiger partial charge in [0.25, 0.3) is 0 Å². The summed E-state index contributed by atoms with van der Waals surface area (Å²) in [5, 5.41) is 9.92. The third kappa shape index (κ3) is 1.44. The van der Waals surface area contributed by atoms with Crippen molar-refractivity contribution < 1.29 is 5.11 Å². The molecule has 1 aliphatic rings. The molecule has 2 aromatic heterocycles. The van der Waals surface area contributed by atoms with E-state index in [2.05, 4.69) is 19.9 Å². The van der Waals surface area contributed by atoms with Gasteiger partial charge in [-0.15, -0.1) is 0 Å². The Kier molecular flexibility index (Phi) is 2.25. The summed E-state index contributed by atoms with van der Waals surface area (Å²) in [6.07, 6.45) is 4.36. The summed E-state index contributed by atoms with van der Waals surface area (Å²) in [4.78, 5) is 13.8. The van der Waals surface area contributed by atoms with Crippen LogP contribution >= 0.6 is 0 Å². The minimum atomic E-state index is 0.280. The van der Waals surface area contributed by atoms with E-state index in [9.17, 15) is 0 Å².